The van der Waals surface area contributed by atoms with Crippen LogP contribution in [0.2, 0.25) is 0 Å². The van der Waals surface area contributed by atoms with Crippen molar-refractivity contribution in [1.29, 1.82) is 0 Å². The smallest absolute Gasteiger partial charge is 0.211 e. The van der Waals surface area contributed by atoms with Crippen LogP contribution >= 0.6 is 0 Å². The van der Waals surface area contributed by atoms with Crippen molar-refractivity contribution in [3.63, 3.8) is 0 Å². The first kappa shape index (κ1) is 14.9. The van der Waals surface area contributed by atoms with Gasteiger partial charge in [0.25, 0.3) is 0 Å². The summed E-state index contributed by atoms with van der Waals surface area (Å²) in [5.74, 6) is 0.117. The van der Waals surface area contributed by atoms with Gasteiger partial charge < -0.3 is 4.74 Å². The Morgan fingerprint density at radius 3 is 2.89 bits per heavy atom. The van der Waals surface area contributed by atoms with Crippen LogP contribution in [0.15, 0.2) is 5.10 Å². The molecule has 104 valence electrons. The van der Waals surface area contributed by atoms with Gasteiger partial charge in [0.2, 0.25) is 6.54 Å². The van der Waals surface area contributed by atoms with Crippen molar-refractivity contribution in [2.75, 3.05) is 26.8 Å². The van der Waals surface area contributed by atoms with Crippen LogP contribution in [0.4, 0.5) is 0 Å². The van der Waals surface area contributed by atoms with Gasteiger partial charge in [-0.05, 0) is 18.8 Å². The van der Waals surface area contributed by atoms with Gasteiger partial charge in [-0.1, -0.05) is 13.8 Å². The van der Waals surface area contributed by atoms with Gasteiger partial charge >= 0.3 is 0 Å². The number of rotatable bonds is 7. The lowest BCUT2D eigenvalue weighted by molar-refractivity contribution is -0.485. The molecule has 1 fully saturated rings. The Balaban J connectivity index is 2.56. The van der Waals surface area contributed by atoms with Gasteiger partial charge in [0.05, 0.1) is 18.6 Å². The van der Waals surface area contributed by atoms with Crippen LogP contribution in [0.5, 0.6) is 0 Å². The molecular formula is C12H23N3O3. The molecule has 6 heteroatoms. The number of nitro groups is 1. The molecular weight excluding hydrogens is 234 g/mol. The molecule has 0 spiro atoms. The largest absolute Gasteiger partial charge is 0.382 e. The first-order valence-electron chi connectivity index (χ1n) is 6.46. The molecule has 0 unspecified atom stereocenters. The fraction of sp³-hybridized carbons (Fsp3) is 0.917. The molecule has 0 aromatic heterocycles. The Morgan fingerprint density at radius 2 is 2.33 bits per heavy atom. The van der Waals surface area contributed by atoms with Crippen LogP contribution in [-0.2, 0) is 4.74 Å². The summed E-state index contributed by atoms with van der Waals surface area (Å²) in [6.45, 7) is 5.49. The normalized spacial score (nSPS) is 22.0. The molecule has 0 N–H and O–H groups in total. The van der Waals surface area contributed by atoms with Crippen molar-refractivity contribution in [3.05, 3.63) is 10.1 Å². The second kappa shape index (κ2) is 7.31. The van der Waals surface area contributed by atoms with E-state index in [-0.39, 0.29) is 23.3 Å². The molecule has 1 aliphatic rings. The van der Waals surface area contributed by atoms with E-state index < -0.39 is 0 Å². The standard InChI is InChI=1S/C12H23N3O3/c1-10(2)11(8-15(16)17)7-13-14-6-4-5-12(14)9-18-3/h7,10-12H,4-6,8-9H2,1-3H3/b13-7+/t11-,12+/m1/s1. The molecule has 18 heavy (non-hydrogen) atoms. The Morgan fingerprint density at radius 1 is 1.61 bits per heavy atom. The van der Waals surface area contributed by atoms with E-state index in [1.165, 1.54) is 0 Å². The van der Waals surface area contributed by atoms with Crippen molar-refractivity contribution in [3.8, 4) is 0 Å². The third-order valence-corrected chi connectivity index (χ3v) is 3.33. The summed E-state index contributed by atoms with van der Waals surface area (Å²) >= 11 is 0. The van der Waals surface area contributed by atoms with Crippen molar-refractivity contribution < 1.29 is 9.66 Å². The fourth-order valence-electron chi connectivity index (χ4n) is 2.11. The van der Waals surface area contributed by atoms with Crippen molar-refractivity contribution in [2.24, 2.45) is 16.9 Å². The molecule has 0 aromatic carbocycles. The molecule has 0 saturated carbocycles. The Labute approximate surface area is 108 Å². The van der Waals surface area contributed by atoms with Gasteiger partial charge in [-0.25, -0.2) is 0 Å². The van der Waals surface area contributed by atoms with E-state index in [0.29, 0.717) is 12.6 Å². The highest BCUT2D eigenvalue weighted by Gasteiger charge is 2.24. The molecule has 0 amide bonds. The maximum Gasteiger partial charge on any atom is 0.211 e. The Kier molecular flexibility index (Phi) is 6.04. The Hall–Kier alpha value is -1.17. The highest BCUT2D eigenvalue weighted by molar-refractivity contribution is 5.60. The van der Waals surface area contributed by atoms with E-state index in [4.69, 9.17) is 4.74 Å². The zero-order valence-corrected chi connectivity index (χ0v) is 11.4. The van der Waals surface area contributed by atoms with Crippen molar-refractivity contribution >= 4 is 6.21 Å². The van der Waals surface area contributed by atoms with Crippen LogP contribution in [0.1, 0.15) is 26.7 Å². The molecule has 0 aromatic rings. The quantitative estimate of drug-likeness (QED) is 0.395. The zero-order valence-electron chi connectivity index (χ0n) is 11.4. The molecule has 1 aliphatic heterocycles. The van der Waals surface area contributed by atoms with E-state index in [0.717, 1.165) is 19.4 Å². The lowest BCUT2D eigenvalue weighted by Crippen LogP contribution is -2.30. The van der Waals surface area contributed by atoms with E-state index >= 15 is 0 Å². The fourth-order valence-corrected chi connectivity index (χ4v) is 2.11. The third kappa shape index (κ3) is 4.60. The molecule has 0 radical (unpaired) electrons. The predicted octanol–water partition coefficient (Wildman–Crippen LogP) is 1.63. The average Bonchev–Trinajstić information content (AvgIpc) is 2.71. The van der Waals surface area contributed by atoms with Gasteiger partial charge in [-0.3, -0.25) is 15.1 Å². The summed E-state index contributed by atoms with van der Waals surface area (Å²) in [6.07, 6.45) is 3.92. The van der Waals surface area contributed by atoms with Crippen LogP contribution in [-0.4, -0.2) is 49.0 Å². The molecule has 1 saturated heterocycles. The minimum Gasteiger partial charge on any atom is -0.382 e. The van der Waals surface area contributed by atoms with Gasteiger partial charge in [-0.2, -0.15) is 5.10 Å². The molecule has 1 heterocycles. The third-order valence-electron chi connectivity index (χ3n) is 3.33. The van der Waals surface area contributed by atoms with Crippen LogP contribution < -0.4 is 0 Å². The minimum absolute atomic E-state index is 0.0516. The van der Waals surface area contributed by atoms with Gasteiger partial charge in [0, 0.05) is 24.8 Å². The van der Waals surface area contributed by atoms with E-state index in [2.05, 4.69) is 5.10 Å². The summed E-state index contributed by atoms with van der Waals surface area (Å²) in [4.78, 5) is 10.3. The summed E-state index contributed by atoms with van der Waals surface area (Å²) in [6, 6.07) is 0.315. The van der Waals surface area contributed by atoms with Crippen LogP contribution in [0.3, 0.4) is 0 Å². The van der Waals surface area contributed by atoms with Gasteiger partial charge in [-0.15, -0.1) is 0 Å². The highest BCUT2D eigenvalue weighted by Crippen LogP contribution is 2.18. The first-order valence-corrected chi connectivity index (χ1v) is 6.46. The van der Waals surface area contributed by atoms with E-state index in [1.807, 2.05) is 18.9 Å². The van der Waals surface area contributed by atoms with Crippen molar-refractivity contribution in [1.82, 2.24) is 5.01 Å². The number of nitrogens with zero attached hydrogens (tertiary/aromatic N) is 3. The minimum atomic E-state index is -0.271. The molecule has 2 atom stereocenters. The number of ether oxygens (including phenoxy) is 1. The summed E-state index contributed by atoms with van der Waals surface area (Å²) in [5.41, 5.74) is 0. The summed E-state index contributed by atoms with van der Waals surface area (Å²) < 4.78 is 5.15. The van der Waals surface area contributed by atoms with E-state index in [9.17, 15) is 10.1 Å². The van der Waals surface area contributed by atoms with Crippen LogP contribution in [0.25, 0.3) is 0 Å². The molecule has 0 bridgehead atoms. The lowest BCUT2D eigenvalue weighted by Gasteiger charge is -2.21. The highest BCUT2D eigenvalue weighted by atomic mass is 16.6. The average molecular weight is 257 g/mol. The Bertz CT molecular complexity index is 294. The number of hydrogen-bond donors (Lipinski definition) is 0. The van der Waals surface area contributed by atoms with Gasteiger partial charge in [0.1, 0.15) is 0 Å². The summed E-state index contributed by atoms with van der Waals surface area (Å²) in [5, 5.41) is 17.0. The number of hydrazone groups is 1. The number of hydrogen-bond acceptors (Lipinski definition) is 5. The first-order chi connectivity index (χ1) is 8.54. The lowest BCUT2D eigenvalue weighted by atomic mass is 9.97. The predicted molar refractivity (Wildman–Crippen MR) is 70.3 cm³/mol. The van der Waals surface area contributed by atoms with Crippen LogP contribution in [0, 0.1) is 22.0 Å². The summed E-state index contributed by atoms with van der Waals surface area (Å²) in [7, 11) is 1.68. The molecule has 6 nitrogen and oxygen atoms in total. The van der Waals surface area contributed by atoms with E-state index in [1.54, 1.807) is 13.3 Å². The zero-order chi connectivity index (χ0) is 13.5. The number of methoxy groups -OCH3 is 1. The van der Waals surface area contributed by atoms with Gasteiger partial charge in [0.15, 0.2) is 0 Å². The molecule has 0 aliphatic carbocycles. The topological polar surface area (TPSA) is 68.0 Å². The maximum absolute atomic E-state index is 10.6. The monoisotopic (exact) mass is 257 g/mol. The van der Waals surface area contributed by atoms with Crippen molar-refractivity contribution in [2.45, 2.75) is 32.7 Å². The second-order valence-electron chi connectivity index (χ2n) is 5.10. The second-order valence-corrected chi connectivity index (χ2v) is 5.10. The molecule has 1 rings (SSSR count). The SMILES string of the molecule is COC[C@@H]1CCCN1/N=C/[C@H](C[N+](=O)[O-])C(C)C. The maximum atomic E-state index is 10.6.